The summed E-state index contributed by atoms with van der Waals surface area (Å²) in [6.45, 7) is 9.19. The lowest BCUT2D eigenvalue weighted by Crippen LogP contribution is -2.41. The highest BCUT2D eigenvalue weighted by molar-refractivity contribution is 5.73. The van der Waals surface area contributed by atoms with Crippen LogP contribution in [0.1, 0.15) is 40.0 Å². The van der Waals surface area contributed by atoms with E-state index < -0.39 is 12.0 Å². The molecule has 1 aliphatic heterocycles. The summed E-state index contributed by atoms with van der Waals surface area (Å²) in [6.07, 6.45) is 3.21. The van der Waals surface area contributed by atoms with Crippen LogP contribution < -0.4 is 5.32 Å². The van der Waals surface area contributed by atoms with E-state index in [0.29, 0.717) is 24.9 Å². The second-order valence-corrected chi connectivity index (χ2v) is 5.23. The molecule has 0 aromatic heterocycles. The van der Waals surface area contributed by atoms with Crippen molar-refractivity contribution in [3.8, 4) is 0 Å². The Labute approximate surface area is 104 Å². The molecule has 0 spiro atoms. The third-order valence-corrected chi connectivity index (χ3v) is 3.64. The maximum absolute atomic E-state index is 11.0. The Kier molecular flexibility index (Phi) is 5.92. The number of nitrogens with one attached hydrogen (secondary N) is 1. The minimum atomic E-state index is -0.729. The molecule has 0 bridgehead atoms. The van der Waals surface area contributed by atoms with E-state index in [1.807, 2.05) is 6.92 Å². The van der Waals surface area contributed by atoms with E-state index in [9.17, 15) is 4.79 Å². The van der Waals surface area contributed by atoms with Gasteiger partial charge in [0.1, 0.15) is 6.04 Å². The number of hydrogen-bond acceptors (Lipinski definition) is 3. The third-order valence-electron chi connectivity index (χ3n) is 3.64. The zero-order chi connectivity index (χ0) is 12.8. The second kappa shape index (κ2) is 6.97. The lowest BCUT2D eigenvalue weighted by molar-refractivity contribution is -0.139. The van der Waals surface area contributed by atoms with Crippen molar-refractivity contribution in [3.63, 3.8) is 0 Å². The molecule has 0 amide bonds. The highest BCUT2D eigenvalue weighted by atomic mass is 16.4. The summed E-state index contributed by atoms with van der Waals surface area (Å²) in [4.78, 5) is 13.5. The molecule has 1 rings (SSSR count). The van der Waals surface area contributed by atoms with Crippen LogP contribution in [0.25, 0.3) is 0 Å². The Morgan fingerprint density at radius 2 is 2.24 bits per heavy atom. The number of likely N-dealkylation sites (tertiary alicyclic amines) is 1. The number of rotatable bonds is 7. The highest BCUT2D eigenvalue weighted by Gasteiger charge is 2.28. The first-order valence-electron chi connectivity index (χ1n) is 6.76. The maximum atomic E-state index is 11.0. The van der Waals surface area contributed by atoms with E-state index in [4.69, 9.17) is 5.11 Å². The molecule has 0 aromatic rings. The fourth-order valence-corrected chi connectivity index (χ4v) is 2.74. The van der Waals surface area contributed by atoms with Crippen molar-refractivity contribution in [2.24, 2.45) is 5.92 Å². The molecule has 0 saturated carbocycles. The van der Waals surface area contributed by atoms with Gasteiger partial charge < -0.3 is 15.3 Å². The molecule has 2 unspecified atom stereocenters. The Hall–Kier alpha value is -0.610. The molecule has 1 fully saturated rings. The van der Waals surface area contributed by atoms with Gasteiger partial charge >= 0.3 is 5.97 Å². The summed E-state index contributed by atoms with van der Waals surface area (Å²) in [7, 11) is 0. The van der Waals surface area contributed by atoms with E-state index in [1.54, 1.807) is 0 Å². The maximum Gasteiger partial charge on any atom is 0.320 e. The van der Waals surface area contributed by atoms with E-state index in [2.05, 4.69) is 24.1 Å². The van der Waals surface area contributed by atoms with Crippen LogP contribution in [-0.4, -0.2) is 47.7 Å². The van der Waals surface area contributed by atoms with Crippen LogP contribution in [0.2, 0.25) is 0 Å². The van der Waals surface area contributed by atoms with Crippen LogP contribution in [0.3, 0.4) is 0 Å². The van der Waals surface area contributed by atoms with Crippen LogP contribution in [-0.2, 0) is 4.79 Å². The van der Waals surface area contributed by atoms with Gasteiger partial charge in [0.2, 0.25) is 0 Å². The van der Waals surface area contributed by atoms with Crippen LogP contribution in [0, 0.1) is 5.92 Å². The number of nitrogens with zero attached hydrogens (tertiary/aromatic N) is 1. The molecule has 0 radical (unpaired) electrons. The van der Waals surface area contributed by atoms with E-state index >= 15 is 0 Å². The van der Waals surface area contributed by atoms with Gasteiger partial charge in [0.25, 0.3) is 0 Å². The number of hydrogen-bond donors (Lipinski definition) is 2. The average molecular weight is 242 g/mol. The van der Waals surface area contributed by atoms with Gasteiger partial charge in [0.05, 0.1) is 0 Å². The predicted molar refractivity (Wildman–Crippen MR) is 69.2 cm³/mol. The Morgan fingerprint density at radius 1 is 1.53 bits per heavy atom. The van der Waals surface area contributed by atoms with Crippen molar-refractivity contribution in [2.45, 2.75) is 52.1 Å². The lowest BCUT2D eigenvalue weighted by atomic mass is 10.0. The predicted octanol–water partition coefficient (Wildman–Crippen LogP) is 1.56. The smallest absolute Gasteiger partial charge is 0.320 e. The zero-order valence-electron chi connectivity index (χ0n) is 11.3. The molecule has 1 saturated heterocycles. The van der Waals surface area contributed by atoms with Crippen molar-refractivity contribution in [1.82, 2.24) is 10.2 Å². The van der Waals surface area contributed by atoms with Crippen molar-refractivity contribution >= 4 is 5.97 Å². The quantitative estimate of drug-likeness (QED) is 0.711. The minimum Gasteiger partial charge on any atom is -0.480 e. The summed E-state index contributed by atoms with van der Waals surface area (Å²) in [6, 6.07) is 0.250. The minimum absolute atomic E-state index is 0.395. The summed E-state index contributed by atoms with van der Waals surface area (Å²) >= 11 is 0. The van der Waals surface area contributed by atoms with Gasteiger partial charge in [-0.05, 0) is 38.3 Å². The topological polar surface area (TPSA) is 52.6 Å². The van der Waals surface area contributed by atoms with E-state index in [0.717, 1.165) is 13.1 Å². The van der Waals surface area contributed by atoms with Gasteiger partial charge in [-0.1, -0.05) is 20.8 Å². The van der Waals surface area contributed by atoms with Crippen molar-refractivity contribution in [1.29, 1.82) is 0 Å². The fourth-order valence-electron chi connectivity index (χ4n) is 2.74. The molecule has 4 nitrogen and oxygen atoms in total. The van der Waals surface area contributed by atoms with E-state index in [-0.39, 0.29) is 0 Å². The number of likely N-dealkylation sites (N-methyl/N-ethyl adjacent to an activating group) is 1. The van der Waals surface area contributed by atoms with Gasteiger partial charge in [0.15, 0.2) is 0 Å². The molecule has 0 aromatic carbocycles. The van der Waals surface area contributed by atoms with Crippen molar-refractivity contribution in [2.75, 3.05) is 19.6 Å². The average Bonchev–Trinajstić information content (AvgIpc) is 2.71. The van der Waals surface area contributed by atoms with Crippen LogP contribution in [0.15, 0.2) is 0 Å². The standard InChI is InChI=1S/C13H26N2O2/c1-4-14-11(13(16)17)7-9-15-8-5-6-12(15)10(2)3/h10-12,14H,4-9H2,1-3H3,(H,16,17). The third kappa shape index (κ3) is 4.28. The Morgan fingerprint density at radius 3 is 2.76 bits per heavy atom. The summed E-state index contributed by atoms with van der Waals surface area (Å²) in [5.74, 6) is -0.0629. The molecule has 2 atom stereocenters. The number of carboxylic acids is 1. The van der Waals surface area contributed by atoms with Crippen LogP contribution >= 0.6 is 0 Å². The van der Waals surface area contributed by atoms with Crippen LogP contribution in [0.5, 0.6) is 0 Å². The molecular weight excluding hydrogens is 216 g/mol. The van der Waals surface area contributed by atoms with Crippen molar-refractivity contribution in [3.05, 3.63) is 0 Å². The Balaban J connectivity index is 2.40. The summed E-state index contributed by atoms with van der Waals surface area (Å²) in [5.41, 5.74) is 0. The first-order valence-corrected chi connectivity index (χ1v) is 6.76. The first-order chi connectivity index (χ1) is 8.06. The number of carbonyl (C=O) groups is 1. The molecule has 0 aliphatic carbocycles. The molecule has 4 heteroatoms. The largest absolute Gasteiger partial charge is 0.480 e. The highest BCUT2D eigenvalue weighted by Crippen LogP contribution is 2.23. The zero-order valence-corrected chi connectivity index (χ0v) is 11.3. The molecule has 100 valence electrons. The molecule has 2 N–H and O–H groups in total. The SMILES string of the molecule is CCNC(CCN1CCCC1C(C)C)C(=O)O. The molecule has 1 heterocycles. The first kappa shape index (κ1) is 14.5. The Bertz CT molecular complexity index is 244. The second-order valence-electron chi connectivity index (χ2n) is 5.23. The fraction of sp³-hybridized carbons (Fsp3) is 0.923. The monoisotopic (exact) mass is 242 g/mol. The molecular formula is C13H26N2O2. The normalized spacial score (nSPS) is 23.2. The van der Waals surface area contributed by atoms with Gasteiger partial charge in [-0.2, -0.15) is 0 Å². The van der Waals surface area contributed by atoms with Crippen LogP contribution in [0.4, 0.5) is 0 Å². The van der Waals surface area contributed by atoms with Gasteiger partial charge in [-0.15, -0.1) is 0 Å². The molecule has 1 aliphatic rings. The van der Waals surface area contributed by atoms with Gasteiger partial charge in [0, 0.05) is 12.6 Å². The van der Waals surface area contributed by atoms with Crippen molar-refractivity contribution < 1.29 is 9.90 Å². The molecule has 17 heavy (non-hydrogen) atoms. The van der Waals surface area contributed by atoms with Gasteiger partial charge in [-0.25, -0.2) is 0 Å². The van der Waals surface area contributed by atoms with Gasteiger partial charge in [-0.3, -0.25) is 4.79 Å². The van der Waals surface area contributed by atoms with E-state index in [1.165, 1.54) is 12.8 Å². The summed E-state index contributed by atoms with van der Waals surface area (Å²) in [5, 5.41) is 12.1. The lowest BCUT2D eigenvalue weighted by Gasteiger charge is -2.28. The summed E-state index contributed by atoms with van der Waals surface area (Å²) < 4.78 is 0. The number of carboxylic acid groups (broad SMARTS) is 1. The number of aliphatic carboxylic acids is 1.